The molecule has 0 aromatic carbocycles. The Bertz CT molecular complexity index is 583. The Morgan fingerprint density at radius 1 is 1.39 bits per heavy atom. The quantitative estimate of drug-likeness (QED) is 0.181. The molecule has 1 aliphatic heterocycles. The third kappa shape index (κ3) is 8.06. The van der Waals surface area contributed by atoms with E-state index >= 15 is 0 Å². The molecule has 0 aliphatic carbocycles. The normalized spacial score (nSPS) is 19.2. The van der Waals surface area contributed by atoms with Crippen LogP contribution in [0.4, 0.5) is 0 Å². The number of aliphatic hydroxyl groups excluding tert-OH is 1. The van der Waals surface area contributed by atoms with Crippen molar-refractivity contribution in [1.29, 1.82) is 0 Å². The maximum atomic E-state index is 9.37. The van der Waals surface area contributed by atoms with E-state index in [1.54, 1.807) is 13.3 Å². The zero-order chi connectivity index (χ0) is 19.4. The first kappa shape index (κ1) is 24.9. The Hall–Kier alpha value is -1.17. The SMILES string of the molecule is CCNC(=NCc1cccnc1OCCOC)NCC1(CCO)CCOC1.I. The van der Waals surface area contributed by atoms with Gasteiger partial charge >= 0.3 is 0 Å². The largest absolute Gasteiger partial charge is 0.475 e. The molecule has 2 heterocycles. The van der Waals surface area contributed by atoms with Gasteiger partial charge in [0.15, 0.2) is 5.96 Å². The van der Waals surface area contributed by atoms with Gasteiger partial charge in [-0.05, 0) is 25.8 Å². The van der Waals surface area contributed by atoms with Crippen LogP contribution in [0.3, 0.4) is 0 Å². The van der Waals surface area contributed by atoms with Crippen LogP contribution in [0.2, 0.25) is 0 Å². The molecule has 0 amide bonds. The number of aromatic nitrogens is 1. The molecule has 1 saturated heterocycles. The molecule has 1 fully saturated rings. The lowest BCUT2D eigenvalue weighted by molar-refractivity contribution is 0.127. The van der Waals surface area contributed by atoms with Gasteiger partial charge in [0.05, 0.1) is 19.8 Å². The van der Waals surface area contributed by atoms with Crippen LogP contribution in [0.15, 0.2) is 23.3 Å². The van der Waals surface area contributed by atoms with E-state index < -0.39 is 0 Å². The van der Waals surface area contributed by atoms with E-state index in [9.17, 15) is 5.11 Å². The summed E-state index contributed by atoms with van der Waals surface area (Å²) < 4.78 is 16.2. The van der Waals surface area contributed by atoms with Crippen molar-refractivity contribution in [2.24, 2.45) is 10.4 Å². The van der Waals surface area contributed by atoms with Crippen LogP contribution in [0.5, 0.6) is 5.88 Å². The lowest BCUT2D eigenvalue weighted by Crippen LogP contribution is -2.44. The summed E-state index contributed by atoms with van der Waals surface area (Å²) in [7, 11) is 1.64. The van der Waals surface area contributed by atoms with Crippen LogP contribution in [0.1, 0.15) is 25.3 Å². The van der Waals surface area contributed by atoms with E-state index in [4.69, 9.17) is 14.2 Å². The summed E-state index contributed by atoms with van der Waals surface area (Å²) in [6.45, 7) is 6.50. The number of rotatable bonds is 11. The fraction of sp³-hybridized carbons (Fsp3) is 0.684. The van der Waals surface area contributed by atoms with Gasteiger partial charge in [0.1, 0.15) is 6.61 Å². The molecule has 1 atom stereocenters. The van der Waals surface area contributed by atoms with E-state index in [2.05, 4.69) is 20.6 Å². The molecule has 9 heteroatoms. The Morgan fingerprint density at radius 2 is 2.25 bits per heavy atom. The van der Waals surface area contributed by atoms with E-state index in [0.717, 1.165) is 37.5 Å². The van der Waals surface area contributed by atoms with E-state index in [1.807, 2.05) is 19.1 Å². The molecule has 0 saturated carbocycles. The first-order valence-electron chi connectivity index (χ1n) is 9.49. The van der Waals surface area contributed by atoms with E-state index in [0.29, 0.717) is 38.8 Å². The summed E-state index contributed by atoms with van der Waals surface area (Å²) in [5, 5.41) is 16.0. The smallest absolute Gasteiger partial charge is 0.218 e. The monoisotopic (exact) mass is 508 g/mol. The number of nitrogens with one attached hydrogen (secondary N) is 2. The first-order valence-corrected chi connectivity index (χ1v) is 9.49. The zero-order valence-electron chi connectivity index (χ0n) is 16.8. The van der Waals surface area contributed by atoms with Crippen molar-refractivity contribution in [1.82, 2.24) is 15.6 Å². The number of methoxy groups -OCH3 is 1. The molecule has 1 aliphatic rings. The summed E-state index contributed by atoms with van der Waals surface area (Å²) in [4.78, 5) is 8.95. The third-order valence-electron chi connectivity index (χ3n) is 4.59. The number of aliphatic imine (C=N–C) groups is 1. The van der Waals surface area contributed by atoms with Crippen molar-refractivity contribution >= 4 is 29.9 Å². The van der Waals surface area contributed by atoms with Gasteiger partial charge < -0.3 is 30.0 Å². The van der Waals surface area contributed by atoms with Crippen molar-refractivity contribution in [2.45, 2.75) is 26.3 Å². The fourth-order valence-electron chi connectivity index (χ4n) is 2.98. The summed E-state index contributed by atoms with van der Waals surface area (Å²) in [6.07, 6.45) is 3.37. The average Bonchev–Trinajstić information content (AvgIpc) is 3.14. The highest BCUT2D eigenvalue weighted by Gasteiger charge is 2.34. The van der Waals surface area contributed by atoms with Gasteiger partial charge in [-0.25, -0.2) is 9.98 Å². The van der Waals surface area contributed by atoms with Crippen molar-refractivity contribution < 1.29 is 19.3 Å². The van der Waals surface area contributed by atoms with Gasteiger partial charge in [-0.1, -0.05) is 6.07 Å². The molecule has 0 bridgehead atoms. The molecular formula is C19H33IN4O4. The second-order valence-electron chi connectivity index (χ2n) is 6.63. The molecule has 0 radical (unpaired) electrons. The Morgan fingerprint density at radius 3 is 2.93 bits per heavy atom. The molecule has 1 aromatic heterocycles. The maximum Gasteiger partial charge on any atom is 0.218 e. The van der Waals surface area contributed by atoms with Crippen LogP contribution in [0.25, 0.3) is 0 Å². The van der Waals surface area contributed by atoms with Gasteiger partial charge in [0, 0.05) is 50.6 Å². The highest BCUT2D eigenvalue weighted by atomic mass is 127. The number of pyridine rings is 1. The standard InChI is InChI=1S/C19H32N4O4.HI/c1-3-20-18(23-14-19(6-9-24)7-10-26-15-19)22-13-16-5-4-8-21-17(16)27-12-11-25-2;/h4-5,8,24H,3,6-7,9-15H2,1-2H3,(H2,20,22,23);1H. The summed E-state index contributed by atoms with van der Waals surface area (Å²) >= 11 is 0. The second-order valence-corrected chi connectivity index (χ2v) is 6.63. The van der Waals surface area contributed by atoms with Crippen LogP contribution >= 0.6 is 24.0 Å². The van der Waals surface area contributed by atoms with Crippen molar-refractivity contribution in [3.63, 3.8) is 0 Å². The van der Waals surface area contributed by atoms with Crippen LogP contribution in [-0.4, -0.2) is 69.3 Å². The van der Waals surface area contributed by atoms with Crippen molar-refractivity contribution in [2.75, 3.05) is 53.2 Å². The Kier molecular flexibility index (Phi) is 12.4. The molecule has 8 nitrogen and oxygen atoms in total. The molecule has 3 N–H and O–H groups in total. The average molecular weight is 508 g/mol. The summed E-state index contributed by atoms with van der Waals surface area (Å²) in [5.41, 5.74) is 0.883. The first-order chi connectivity index (χ1) is 13.2. The number of guanidine groups is 1. The van der Waals surface area contributed by atoms with E-state index in [1.165, 1.54) is 0 Å². The van der Waals surface area contributed by atoms with Gasteiger partial charge in [0.25, 0.3) is 0 Å². The number of hydrogen-bond acceptors (Lipinski definition) is 6. The minimum Gasteiger partial charge on any atom is -0.475 e. The van der Waals surface area contributed by atoms with Crippen molar-refractivity contribution in [3.8, 4) is 5.88 Å². The zero-order valence-corrected chi connectivity index (χ0v) is 19.1. The van der Waals surface area contributed by atoms with Gasteiger partial charge in [0.2, 0.25) is 5.88 Å². The lowest BCUT2D eigenvalue weighted by atomic mass is 9.84. The number of aliphatic hydroxyl groups is 1. The summed E-state index contributed by atoms with van der Waals surface area (Å²) in [6, 6.07) is 3.83. The third-order valence-corrected chi connectivity index (χ3v) is 4.59. The van der Waals surface area contributed by atoms with E-state index in [-0.39, 0.29) is 36.0 Å². The molecule has 160 valence electrons. The van der Waals surface area contributed by atoms with Gasteiger partial charge in [-0.2, -0.15) is 0 Å². The minimum absolute atomic E-state index is 0. The topological polar surface area (TPSA) is 97.2 Å². The van der Waals surface area contributed by atoms with Crippen molar-refractivity contribution in [3.05, 3.63) is 23.9 Å². The van der Waals surface area contributed by atoms with Crippen LogP contribution in [0, 0.1) is 5.41 Å². The van der Waals surface area contributed by atoms with Crippen LogP contribution < -0.4 is 15.4 Å². The Labute approximate surface area is 184 Å². The highest BCUT2D eigenvalue weighted by Crippen LogP contribution is 2.31. The molecule has 28 heavy (non-hydrogen) atoms. The second kappa shape index (κ2) is 13.9. The maximum absolute atomic E-state index is 9.37. The predicted molar refractivity (Wildman–Crippen MR) is 119 cm³/mol. The van der Waals surface area contributed by atoms with Crippen LogP contribution in [-0.2, 0) is 16.0 Å². The number of halogens is 1. The molecular weight excluding hydrogens is 475 g/mol. The molecule has 0 spiro atoms. The number of nitrogens with zero attached hydrogens (tertiary/aromatic N) is 2. The van der Waals surface area contributed by atoms with Gasteiger partial charge in [-0.15, -0.1) is 24.0 Å². The fourth-order valence-corrected chi connectivity index (χ4v) is 2.98. The van der Waals surface area contributed by atoms with Gasteiger partial charge in [-0.3, -0.25) is 0 Å². The Balaban J connectivity index is 0.00000392. The number of hydrogen-bond donors (Lipinski definition) is 3. The number of ether oxygens (including phenoxy) is 3. The molecule has 1 unspecified atom stereocenters. The molecule has 1 aromatic rings. The lowest BCUT2D eigenvalue weighted by Gasteiger charge is -2.27. The summed E-state index contributed by atoms with van der Waals surface area (Å²) in [5.74, 6) is 1.31. The predicted octanol–water partition coefficient (Wildman–Crippen LogP) is 1.57. The molecule has 2 rings (SSSR count). The minimum atomic E-state index is -0.0341. The highest BCUT2D eigenvalue weighted by molar-refractivity contribution is 14.0.